The van der Waals surface area contributed by atoms with Gasteiger partial charge in [-0.15, -0.1) is 24.8 Å². The summed E-state index contributed by atoms with van der Waals surface area (Å²) in [6, 6.07) is 4.61. The summed E-state index contributed by atoms with van der Waals surface area (Å²) in [6.07, 6.45) is 7.66. The average molecular weight is 405 g/mol. The van der Waals surface area contributed by atoms with Crippen LogP contribution in [0.4, 0.5) is 0 Å². The molecule has 0 saturated heterocycles. The predicted molar refractivity (Wildman–Crippen MR) is 106 cm³/mol. The molecule has 1 aromatic carbocycles. The van der Waals surface area contributed by atoms with Gasteiger partial charge in [0.2, 0.25) is 0 Å². The Morgan fingerprint density at radius 3 is 1.79 bits per heavy atom. The van der Waals surface area contributed by atoms with Crippen LogP contribution in [0.25, 0.3) is 0 Å². The summed E-state index contributed by atoms with van der Waals surface area (Å²) >= 11 is -0.546. The second kappa shape index (κ2) is 8.94. The standard InChI is InChI=1S/C15H24O.C5H5.2ClH.Ti/c1-10-8-11(14(2,3)4)13(16)12(9-10)15(5,6)7;1-2-4-5-3-1;;;/h8-9,16H,1-7H3;1-3H,4H2;2*1H;/q;;;;+1/p-1. The fourth-order valence-corrected chi connectivity index (χ4v) is 3.92. The van der Waals surface area contributed by atoms with Crippen LogP contribution in [0.5, 0.6) is 5.75 Å². The van der Waals surface area contributed by atoms with Crippen molar-refractivity contribution in [1.29, 1.82) is 0 Å². The van der Waals surface area contributed by atoms with Crippen molar-refractivity contribution in [3.8, 4) is 5.75 Å². The Hall–Kier alpha value is -0.206. The Kier molecular flexibility index (Phi) is 8.87. The molecule has 0 aromatic heterocycles. The summed E-state index contributed by atoms with van der Waals surface area (Å²) in [4.78, 5) is 0. The van der Waals surface area contributed by atoms with E-state index in [4.69, 9.17) is 3.32 Å². The largest absolute Gasteiger partial charge is 0.147 e. The van der Waals surface area contributed by atoms with Crippen molar-refractivity contribution in [2.24, 2.45) is 0 Å². The van der Waals surface area contributed by atoms with E-state index in [1.807, 2.05) is 0 Å². The second-order valence-electron chi connectivity index (χ2n) is 8.22. The monoisotopic (exact) mass is 404 g/mol. The van der Waals surface area contributed by atoms with E-state index in [2.05, 4.69) is 78.8 Å². The first-order valence-corrected chi connectivity index (χ1v) is 9.45. The van der Waals surface area contributed by atoms with E-state index in [1.54, 1.807) is 0 Å². The quantitative estimate of drug-likeness (QED) is 0.512. The van der Waals surface area contributed by atoms with E-state index in [1.165, 1.54) is 20.6 Å². The Morgan fingerprint density at radius 2 is 1.42 bits per heavy atom. The number of halogens is 2. The SMILES string of the molecule is Cc1cc(C(C)(C)C)c([O][Ti][C]2=CC=CC2)c(C(C)(C)C)c1.Cl.Cl. The van der Waals surface area contributed by atoms with Crippen LogP contribution in [-0.2, 0) is 30.4 Å². The van der Waals surface area contributed by atoms with Crippen molar-refractivity contribution in [3.05, 3.63) is 50.9 Å². The molecule has 134 valence electrons. The van der Waals surface area contributed by atoms with Gasteiger partial charge in [0.05, 0.1) is 0 Å². The van der Waals surface area contributed by atoms with Gasteiger partial charge in [-0.2, -0.15) is 0 Å². The molecule has 0 heterocycles. The number of hydrogen-bond donors (Lipinski definition) is 0. The van der Waals surface area contributed by atoms with Crippen LogP contribution in [-0.4, -0.2) is 0 Å². The normalized spacial score (nSPS) is 13.7. The minimum Gasteiger partial charge on any atom is -0.147 e. The maximum absolute atomic E-state index is 6.48. The molecule has 0 unspecified atom stereocenters. The van der Waals surface area contributed by atoms with E-state index >= 15 is 0 Å². The molecule has 0 aliphatic heterocycles. The van der Waals surface area contributed by atoms with E-state index in [-0.39, 0.29) is 35.6 Å². The third-order valence-corrected chi connectivity index (χ3v) is 5.37. The molecule has 1 aliphatic rings. The predicted octanol–water partition coefficient (Wildman–Crippen LogP) is 6.65. The summed E-state index contributed by atoms with van der Waals surface area (Å²) in [5.41, 5.74) is 4.19. The van der Waals surface area contributed by atoms with Gasteiger partial charge in [-0.1, -0.05) is 0 Å². The van der Waals surface area contributed by atoms with Gasteiger partial charge >= 0.3 is 145 Å². The first-order chi connectivity index (χ1) is 10.1. The number of hydrogen-bond acceptors (Lipinski definition) is 1. The van der Waals surface area contributed by atoms with Crippen LogP contribution in [0.2, 0.25) is 0 Å². The van der Waals surface area contributed by atoms with Gasteiger partial charge < -0.3 is 0 Å². The molecular formula is C20H30Cl2OTi. The number of allylic oxidation sites excluding steroid dienone is 4. The summed E-state index contributed by atoms with van der Waals surface area (Å²) in [5.74, 6) is 1.14. The topological polar surface area (TPSA) is 9.23 Å². The van der Waals surface area contributed by atoms with Gasteiger partial charge in [0, 0.05) is 0 Å². The maximum Gasteiger partial charge on any atom is -0.147 e. The van der Waals surface area contributed by atoms with Crippen LogP contribution in [0.1, 0.15) is 64.7 Å². The van der Waals surface area contributed by atoms with Gasteiger partial charge in [-0.05, 0) is 0 Å². The second-order valence-corrected chi connectivity index (χ2v) is 9.86. The molecule has 0 fully saturated rings. The zero-order valence-electron chi connectivity index (χ0n) is 15.8. The summed E-state index contributed by atoms with van der Waals surface area (Å²) in [5, 5.41) is 0. The van der Waals surface area contributed by atoms with Crippen LogP contribution < -0.4 is 3.32 Å². The molecule has 1 aromatic rings. The van der Waals surface area contributed by atoms with Crippen molar-refractivity contribution in [2.45, 2.75) is 65.7 Å². The smallest absolute Gasteiger partial charge is 0.147 e. The molecule has 4 heteroatoms. The summed E-state index contributed by atoms with van der Waals surface area (Å²) < 4.78 is 7.95. The van der Waals surface area contributed by atoms with E-state index in [0.717, 1.165) is 12.2 Å². The van der Waals surface area contributed by atoms with E-state index in [0.29, 0.717) is 0 Å². The fraction of sp³-hybridized carbons (Fsp3) is 0.500. The van der Waals surface area contributed by atoms with Gasteiger partial charge in [-0.3, -0.25) is 0 Å². The Morgan fingerprint density at radius 1 is 0.917 bits per heavy atom. The third-order valence-electron chi connectivity index (χ3n) is 3.90. The summed E-state index contributed by atoms with van der Waals surface area (Å²) in [7, 11) is 0. The zero-order chi connectivity index (χ0) is 16.5. The molecule has 0 bridgehead atoms. The summed E-state index contributed by atoms with van der Waals surface area (Å²) in [6.45, 7) is 15.8. The van der Waals surface area contributed by atoms with Crippen molar-refractivity contribution in [1.82, 2.24) is 0 Å². The van der Waals surface area contributed by atoms with Crippen LogP contribution in [0, 0.1) is 6.92 Å². The van der Waals surface area contributed by atoms with Crippen LogP contribution in [0.3, 0.4) is 0 Å². The third kappa shape index (κ3) is 5.95. The van der Waals surface area contributed by atoms with E-state index in [9.17, 15) is 0 Å². The molecule has 1 aliphatic carbocycles. The van der Waals surface area contributed by atoms with Gasteiger partial charge in [0.1, 0.15) is 0 Å². The Balaban J connectivity index is 0.00000264. The van der Waals surface area contributed by atoms with E-state index < -0.39 is 19.5 Å². The molecule has 2 rings (SSSR count). The molecular weight excluding hydrogens is 375 g/mol. The molecule has 0 spiro atoms. The van der Waals surface area contributed by atoms with Crippen molar-refractivity contribution in [2.75, 3.05) is 0 Å². The van der Waals surface area contributed by atoms with Crippen molar-refractivity contribution in [3.63, 3.8) is 0 Å². The molecule has 0 radical (unpaired) electrons. The number of aryl methyl sites for hydroxylation is 1. The minimum absolute atomic E-state index is 0. The molecule has 0 saturated carbocycles. The first kappa shape index (κ1) is 23.8. The molecule has 0 N–H and O–H groups in total. The van der Waals surface area contributed by atoms with Crippen LogP contribution >= 0.6 is 24.8 Å². The Labute approximate surface area is 169 Å². The van der Waals surface area contributed by atoms with Gasteiger partial charge in [-0.25, -0.2) is 0 Å². The van der Waals surface area contributed by atoms with Crippen molar-refractivity contribution < 1.29 is 22.9 Å². The average Bonchev–Trinajstić information content (AvgIpc) is 2.87. The fourth-order valence-electron chi connectivity index (χ4n) is 2.64. The zero-order valence-corrected chi connectivity index (χ0v) is 19.0. The van der Waals surface area contributed by atoms with Gasteiger partial charge in [0.15, 0.2) is 0 Å². The molecule has 0 atom stereocenters. The van der Waals surface area contributed by atoms with Gasteiger partial charge in [0.25, 0.3) is 0 Å². The Bertz CT molecular complexity index is 585. The number of rotatable bonds is 3. The molecule has 1 nitrogen and oxygen atoms in total. The van der Waals surface area contributed by atoms with Crippen LogP contribution in [0.15, 0.2) is 34.2 Å². The van der Waals surface area contributed by atoms with Crippen molar-refractivity contribution >= 4 is 24.8 Å². The first-order valence-electron chi connectivity index (χ1n) is 8.03. The molecule has 24 heavy (non-hydrogen) atoms. The number of benzene rings is 1. The minimum atomic E-state index is -0.546. The molecule has 0 amide bonds. The maximum atomic E-state index is 6.48.